The van der Waals surface area contributed by atoms with E-state index >= 15 is 0 Å². The van der Waals surface area contributed by atoms with Crippen molar-refractivity contribution >= 4 is 5.91 Å². The predicted molar refractivity (Wildman–Crippen MR) is 65.2 cm³/mol. The first-order valence-corrected chi connectivity index (χ1v) is 5.49. The molecule has 0 saturated heterocycles. The van der Waals surface area contributed by atoms with Crippen LogP contribution in [0.3, 0.4) is 0 Å². The van der Waals surface area contributed by atoms with Gasteiger partial charge in [-0.2, -0.15) is 0 Å². The number of benzene rings is 1. The zero-order valence-corrected chi connectivity index (χ0v) is 10.0. The molecule has 17 heavy (non-hydrogen) atoms. The molecule has 1 rings (SSSR count). The van der Waals surface area contributed by atoms with Crippen LogP contribution < -0.4 is 10.6 Å². The van der Waals surface area contributed by atoms with Crippen LogP contribution in [0.1, 0.15) is 17.3 Å². The van der Waals surface area contributed by atoms with Crippen LogP contribution in [0.15, 0.2) is 18.2 Å². The van der Waals surface area contributed by atoms with Crippen molar-refractivity contribution in [2.24, 2.45) is 5.92 Å². The van der Waals surface area contributed by atoms with E-state index in [2.05, 4.69) is 10.6 Å². The van der Waals surface area contributed by atoms with Crippen LogP contribution in [0.4, 0.5) is 0 Å². The van der Waals surface area contributed by atoms with Crippen LogP contribution in [0.2, 0.25) is 0 Å². The highest BCUT2D eigenvalue weighted by atomic mass is 16.3. The topological polar surface area (TPSA) is 81.6 Å². The van der Waals surface area contributed by atoms with Crippen molar-refractivity contribution in [3.05, 3.63) is 23.8 Å². The lowest BCUT2D eigenvalue weighted by Gasteiger charge is -2.12. The Morgan fingerprint density at radius 2 is 2.06 bits per heavy atom. The molecule has 0 radical (unpaired) electrons. The molecule has 0 heterocycles. The molecule has 0 aliphatic heterocycles. The van der Waals surface area contributed by atoms with Gasteiger partial charge in [-0.25, -0.2) is 0 Å². The van der Waals surface area contributed by atoms with E-state index in [1.807, 2.05) is 14.0 Å². The summed E-state index contributed by atoms with van der Waals surface area (Å²) in [7, 11) is 1.85. The molecule has 5 heteroatoms. The average molecular weight is 238 g/mol. The van der Waals surface area contributed by atoms with Crippen LogP contribution in [-0.2, 0) is 0 Å². The number of hydrogen-bond donors (Lipinski definition) is 4. The summed E-state index contributed by atoms with van der Waals surface area (Å²) in [5.41, 5.74) is 0.0849. The first kappa shape index (κ1) is 13.3. The van der Waals surface area contributed by atoms with E-state index < -0.39 is 0 Å². The molecule has 0 saturated carbocycles. The Labute approximate surface area is 100 Å². The molecule has 94 valence electrons. The quantitative estimate of drug-likeness (QED) is 0.569. The van der Waals surface area contributed by atoms with Crippen LogP contribution in [0.25, 0.3) is 0 Å². The van der Waals surface area contributed by atoms with Gasteiger partial charge in [0.1, 0.15) is 11.5 Å². The lowest BCUT2D eigenvalue weighted by molar-refractivity contribution is 0.0945. The Hall–Kier alpha value is -1.75. The van der Waals surface area contributed by atoms with E-state index in [0.717, 1.165) is 6.54 Å². The van der Waals surface area contributed by atoms with Crippen molar-refractivity contribution in [1.82, 2.24) is 10.6 Å². The summed E-state index contributed by atoms with van der Waals surface area (Å²) in [6, 6.07) is 3.87. The third-order valence-corrected chi connectivity index (χ3v) is 2.39. The number of hydrogen-bond acceptors (Lipinski definition) is 4. The summed E-state index contributed by atoms with van der Waals surface area (Å²) >= 11 is 0. The maximum absolute atomic E-state index is 11.7. The number of phenols is 2. The average Bonchev–Trinajstić information content (AvgIpc) is 2.29. The fourth-order valence-electron chi connectivity index (χ4n) is 1.49. The number of carbonyl (C=O) groups excluding carboxylic acids is 1. The smallest absolute Gasteiger partial charge is 0.255 e. The third kappa shape index (κ3) is 3.96. The normalized spacial score (nSPS) is 12.1. The Morgan fingerprint density at radius 1 is 1.35 bits per heavy atom. The molecule has 1 atom stereocenters. The SMILES string of the molecule is CNCC(C)CNC(=O)c1cc(O)ccc1O. The summed E-state index contributed by atoms with van der Waals surface area (Å²) in [6.45, 7) is 3.31. The van der Waals surface area contributed by atoms with Gasteiger partial charge in [-0.15, -0.1) is 0 Å². The van der Waals surface area contributed by atoms with Crippen LogP contribution in [-0.4, -0.2) is 36.3 Å². The molecule has 1 aromatic carbocycles. The molecule has 0 bridgehead atoms. The monoisotopic (exact) mass is 238 g/mol. The van der Waals surface area contributed by atoms with E-state index in [4.69, 9.17) is 0 Å². The van der Waals surface area contributed by atoms with Gasteiger partial charge in [0.05, 0.1) is 5.56 Å². The van der Waals surface area contributed by atoms with Crippen LogP contribution in [0.5, 0.6) is 11.5 Å². The van der Waals surface area contributed by atoms with Gasteiger partial charge in [0, 0.05) is 6.54 Å². The largest absolute Gasteiger partial charge is 0.508 e. The molecule has 0 fully saturated rings. The van der Waals surface area contributed by atoms with Gasteiger partial charge in [-0.1, -0.05) is 6.92 Å². The third-order valence-electron chi connectivity index (χ3n) is 2.39. The van der Waals surface area contributed by atoms with E-state index in [-0.39, 0.29) is 23.0 Å². The fourth-order valence-corrected chi connectivity index (χ4v) is 1.49. The number of amides is 1. The number of nitrogens with one attached hydrogen (secondary N) is 2. The maximum Gasteiger partial charge on any atom is 0.255 e. The lowest BCUT2D eigenvalue weighted by atomic mass is 10.1. The second-order valence-corrected chi connectivity index (χ2v) is 4.07. The standard InChI is InChI=1S/C12H18N2O3/c1-8(6-13-2)7-14-12(17)10-5-9(15)3-4-11(10)16/h3-5,8,13,15-16H,6-7H2,1-2H3,(H,14,17). The molecule has 4 N–H and O–H groups in total. The van der Waals surface area contributed by atoms with Crippen LogP contribution >= 0.6 is 0 Å². The van der Waals surface area contributed by atoms with Crippen molar-refractivity contribution in [3.63, 3.8) is 0 Å². The molecule has 1 unspecified atom stereocenters. The molecule has 1 aromatic rings. The molecule has 0 aliphatic carbocycles. The van der Waals surface area contributed by atoms with Crippen molar-refractivity contribution in [3.8, 4) is 11.5 Å². The Kier molecular flexibility index (Phi) is 4.78. The summed E-state index contributed by atoms with van der Waals surface area (Å²) in [6.07, 6.45) is 0. The second-order valence-electron chi connectivity index (χ2n) is 4.07. The predicted octanol–water partition coefficient (Wildman–Crippen LogP) is 0.683. The number of aromatic hydroxyl groups is 2. The summed E-state index contributed by atoms with van der Waals surface area (Å²) in [5.74, 6) is -0.275. The molecule has 0 aromatic heterocycles. The van der Waals surface area contributed by atoms with E-state index in [1.54, 1.807) is 0 Å². The number of carbonyl (C=O) groups is 1. The summed E-state index contributed by atoms with van der Waals surface area (Å²) < 4.78 is 0. The highest BCUT2D eigenvalue weighted by Crippen LogP contribution is 2.21. The van der Waals surface area contributed by atoms with Crippen molar-refractivity contribution in [1.29, 1.82) is 0 Å². The van der Waals surface area contributed by atoms with E-state index in [1.165, 1.54) is 18.2 Å². The van der Waals surface area contributed by atoms with Crippen molar-refractivity contribution in [2.45, 2.75) is 6.92 Å². The van der Waals surface area contributed by atoms with Gasteiger partial charge in [-0.05, 0) is 37.7 Å². The van der Waals surface area contributed by atoms with Gasteiger partial charge < -0.3 is 20.8 Å². The summed E-state index contributed by atoms with van der Waals surface area (Å²) in [4.78, 5) is 11.7. The van der Waals surface area contributed by atoms with Gasteiger partial charge in [0.15, 0.2) is 0 Å². The second kappa shape index (κ2) is 6.10. The Bertz CT molecular complexity index is 393. The molecular formula is C12H18N2O3. The zero-order chi connectivity index (χ0) is 12.8. The molecular weight excluding hydrogens is 220 g/mol. The van der Waals surface area contributed by atoms with Gasteiger partial charge in [0.25, 0.3) is 5.91 Å². The molecule has 1 amide bonds. The van der Waals surface area contributed by atoms with Gasteiger partial charge in [-0.3, -0.25) is 4.79 Å². The molecule has 0 spiro atoms. The van der Waals surface area contributed by atoms with E-state index in [0.29, 0.717) is 12.5 Å². The molecule has 0 aliphatic rings. The highest BCUT2D eigenvalue weighted by molar-refractivity contribution is 5.97. The van der Waals surface area contributed by atoms with Gasteiger partial charge in [0.2, 0.25) is 0 Å². The minimum Gasteiger partial charge on any atom is -0.508 e. The fraction of sp³-hybridized carbons (Fsp3) is 0.417. The first-order valence-electron chi connectivity index (χ1n) is 5.49. The first-order chi connectivity index (χ1) is 8.04. The minimum absolute atomic E-state index is 0.0452. The Morgan fingerprint density at radius 3 is 2.71 bits per heavy atom. The molecule has 5 nitrogen and oxygen atoms in total. The van der Waals surface area contributed by atoms with Gasteiger partial charge >= 0.3 is 0 Å². The summed E-state index contributed by atoms with van der Waals surface area (Å²) in [5, 5.41) is 24.4. The van der Waals surface area contributed by atoms with E-state index in [9.17, 15) is 15.0 Å². The van der Waals surface area contributed by atoms with Crippen LogP contribution in [0, 0.1) is 5.92 Å². The van der Waals surface area contributed by atoms with Crippen molar-refractivity contribution < 1.29 is 15.0 Å². The number of rotatable bonds is 5. The zero-order valence-electron chi connectivity index (χ0n) is 10.0. The lowest BCUT2D eigenvalue weighted by Crippen LogP contribution is -2.32. The Balaban J connectivity index is 2.61. The minimum atomic E-state index is -0.388. The number of phenolic OH excluding ortho intramolecular Hbond substituents is 2. The maximum atomic E-state index is 11.7. The highest BCUT2D eigenvalue weighted by Gasteiger charge is 2.12. The van der Waals surface area contributed by atoms with Crippen molar-refractivity contribution in [2.75, 3.05) is 20.1 Å².